The van der Waals surface area contributed by atoms with E-state index in [-0.39, 0.29) is 0 Å². The lowest BCUT2D eigenvalue weighted by Gasteiger charge is -2.29. The van der Waals surface area contributed by atoms with Gasteiger partial charge in [0.05, 0.1) is 0 Å². The van der Waals surface area contributed by atoms with Crippen LogP contribution < -0.4 is 14.8 Å². The molecule has 1 aromatic carbocycles. The first kappa shape index (κ1) is 14.2. The molecule has 110 valence electrons. The molecule has 4 heteroatoms. The zero-order valence-corrected chi connectivity index (χ0v) is 13.7. The van der Waals surface area contributed by atoms with Crippen LogP contribution in [0.5, 0.6) is 11.5 Å². The van der Waals surface area contributed by atoms with Crippen LogP contribution in [-0.4, -0.2) is 20.3 Å². The SMILES string of the molecule is CNC(c1cc2c(cc1Br)OCCO2)C1CCCC1C. The second-order valence-electron chi connectivity index (χ2n) is 5.86. The zero-order valence-electron chi connectivity index (χ0n) is 12.1. The van der Waals surface area contributed by atoms with Crippen molar-refractivity contribution >= 4 is 15.9 Å². The first-order valence-corrected chi connectivity index (χ1v) is 8.26. The number of rotatable bonds is 3. The number of fused-ring (bicyclic) bond motifs is 1. The molecule has 1 saturated carbocycles. The molecule has 1 N–H and O–H groups in total. The highest BCUT2D eigenvalue weighted by atomic mass is 79.9. The minimum absolute atomic E-state index is 0.373. The summed E-state index contributed by atoms with van der Waals surface area (Å²) in [5.74, 6) is 3.19. The normalized spacial score (nSPS) is 26.6. The topological polar surface area (TPSA) is 30.5 Å². The summed E-state index contributed by atoms with van der Waals surface area (Å²) >= 11 is 3.71. The van der Waals surface area contributed by atoms with Crippen molar-refractivity contribution in [1.82, 2.24) is 5.32 Å². The van der Waals surface area contributed by atoms with Gasteiger partial charge in [-0.1, -0.05) is 35.7 Å². The minimum atomic E-state index is 0.373. The van der Waals surface area contributed by atoms with Crippen LogP contribution in [-0.2, 0) is 0 Å². The minimum Gasteiger partial charge on any atom is -0.486 e. The number of halogens is 1. The van der Waals surface area contributed by atoms with Crippen LogP contribution >= 0.6 is 15.9 Å². The predicted octanol–water partition coefficient (Wildman–Crippen LogP) is 3.92. The van der Waals surface area contributed by atoms with Gasteiger partial charge in [-0.05, 0) is 43.0 Å². The summed E-state index contributed by atoms with van der Waals surface area (Å²) in [6.45, 7) is 3.64. The standard InChI is InChI=1S/C16H22BrNO2/c1-10-4-3-5-11(10)16(18-2)12-8-14-15(9-13(12)17)20-7-6-19-14/h8-11,16,18H,3-7H2,1-2H3. The van der Waals surface area contributed by atoms with E-state index in [9.17, 15) is 0 Å². The van der Waals surface area contributed by atoms with Gasteiger partial charge in [0.15, 0.2) is 11.5 Å². The van der Waals surface area contributed by atoms with Gasteiger partial charge in [-0.2, -0.15) is 0 Å². The van der Waals surface area contributed by atoms with Crippen LogP contribution in [0, 0.1) is 11.8 Å². The number of hydrogen-bond acceptors (Lipinski definition) is 3. The molecule has 3 nitrogen and oxygen atoms in total. The Balaban J connectivity index is 1.94. The molecule has 3 unspecified atom stereocenters. The molecule has 0 bridgehead atoms. The Labute approximate surface area is 129 Å². The van der Waals surface area contributed by atoms with Gasteiger partial charge in [0.2, 0.25) is 0 Å². The molecular formula is C16H22BrNO2. The number of benzene rings is 1. The van der Waals surface area contributed by atoms with Crippen molar-refractivity contribution in [2.45, 2.75) is 32.2 Å². The van der Waals surface area contributed by atoms with E-state index < -0.39 is 0 Å². The fraction of sp³-hybridized carbons (Fsp3) is 0.625. The monoisotopic (exact) mass is 339 g/mol. The summed E-state index contributed by atoms with van der Waals surface area (Å²) in [6.07, 6.45) is 3.98. The fourth-order valence-corrected chi connectivity index (χ4v) is 4.16. The summed E-state index contributed by atoms with van der Waals surface area (Å²) in [4.78, 5) is 0. The molecule has 3 atom stereocenters. The van der Waals surface area contributed by atoms with Crippen LogP contribution in [0.4, 0.5) is 0 Å². The molecule has 0 amide bonds. The third-order valence-corrected chi connectivity index (χ3v) is 5.35. The van der Waals surface area contributed by atoms with E-state index in [1.54, 1.807) is 0 Å². The van der Waals surface area contributed by atoms with E-state index in [2.05, 4.69) is 41.3 Å². The highest BCUT2D eigenvalue weighted by Crippen LogP contribution is 2.44. The van der Waals surface area contributed by atoms with Crippen LogP contribution in [0.1, 0.15) is 37.8 Å². The molecular weight excluding hydrogens is 318 g/mol. The molecule has 0 spiro atoms. The molecule has 0 saturated heterocycles. The molecule has 20 heavy (non-hydrogen) atoms. The Bertz CT molecular complexity index is 492. The molecule has 0 aromatic heterocycles. The lowest BCUT2D eigenvalue weighted by molar-refractivity contribution is 0.171. The third-order valence-electron chi connectivity index (χ3n) is 4.66. The summed E-state index contributed by atoms with van der Waals surface area (Å²) < 4.78 is 12.5. The van der Waals surface area contributed by atoms with Gasteiger partial charge in [-0.25, -0.2) is 0 Å². The van der Waals surface area contributed by atoms with Gasteiger partial charge in [0, 0.05) is 10.5 Å². The molecule has 1 aliphatic carbocycles. The maximum absolute atomic E-state index is 5.73. The Morgan fingerprint density at radius 3 is 2.50 bits per heavy atom. The second kappa shape index (κ2) is 5.94. The Morgan fingerprint density at radius 2 is 1.90 bits per heavy atom. The maximum Gasteiger partial charge on any atom is 0.162 e. The number of nitrogens with one attached hydrogen (secondary N) is 1. The van der Waals surface area contributed by atoms with Crippen molar-refractivity contribution in [3.63, 3.8) is 0 Å². The number of hydrogen-bond donors (Lipinski definition) is 1. The smallest absolute Gasteiger partial charge is 0.162 e. The van der Waals surface area contributed by atoms with Crippen LogP contribution in [0.3, 0.4) is 0 Å². The van der Waals surface area contributed by atoms with Crippen molar-refractivity contribution in [1.29, 1.82) is 0 Å². The molecule has 2 aliphatic rings. The van der Waals surface area contributed by atoms with Gasteiger partial charge in [0.1, 0.15) is 13.2 Å². The summed E-state index contributed by atoms with van der Waals surface area (Å²) in [7, 11) is 2.05. The molecule has 1 heterocycles. The lowest BCUT2D eigenvalue weighted by atomic mass is 9.86. The van der Waals surface area contributed by atoms with E-state index in [4.69, 9.17) is 9.47 Å². The molecule has 1 fully saturated rings. The van der Waals surface area contributed by atoms with Gasteiger partial charge in [0.25, 0.3) is 0 Å². The van der Waals surface area contributed by atoms with Crippen molar-refractivity contribution in [2.75, 3.05) is 20.3 Å². The van der Waals surface area contributed by atoms with Crippen LogP contribution in [0.15, 0.2) is 16.6 Å². The summed E-state index contributed by atoms with van der Waals surface area (Å²) in [5.41, 5.74) is 1.29. The summed E-state index contributed by atoms with van der Waals surface area (Å²) in [5, 5.41) is 3.51. The third kappa shape index (κ3) is 2.56. The molecule has 0 radical (unpaired) electrons. The fourth-order valence-electron chi connectivity index (χ4n) is 3.59. The largest absolute Gasteiger partial charge is 0.486 e. The van der Waals surface area contributed by atoms with Crippen molar-refractivity contribution in [3.05, 3.63) is 22.2 Å². The average molecular weight is 340 g/mol. The van der Waals surface area contributed by atoms with E-state index in [1.807, 2.05) is 6.07 Å². The molecule has 3 rings (SSSR count). The summed E-state index contributed by atoms with van der Waals surface area (Å²) in [6, 6.07) is 4.57. The first-order valence-electron chi connectivity index (χ1n) is 7.47. The van der Waals surface area contributed by atoms with Gasteiger partial charge in [-0.15, -0.1) is 0 Å². The van der Waals surface area contributed by atoms with E-state index >= 15 is 0 Å². The highest BCUT2D eigenvalue weighted by molar-refractivity contribution is 9.10. The second-order valence-corrected chi connectivity index (χ2v) is 6.71. The quantitative estimate of drug-likeness (QED) is 0.905. The van der Waals surface area contributed by atoms with E-state index in [0.29, 0.717) is 25.2 Å². The lowest BCUT2D eigenvalue weighted by Crippen LogP contribution is -2.27. The molecule has 1 aromatic rings. The van der Waals surface area contributed by atoms with E-state index in [1.165, 1.54) is 24.8 Å². The van der Waals surface area contributed by atoms with Crippen LogP contribution in [0.25, 0.3) is 0 Å². The zero-order chi connectivity index (χ0) is 14.1. The van der Waals surface area contributed by atoms with Gasteiger partial charge < -0.3 is 14.8 Å². The van der Waals surface area contributed by atoms with Crippen molar-refractivity contribution in [3.8, 4) is 11.5 Å². The highest BCUT2D eigenvalue weighted by Gasteiger charge is 2.32. The Morgan fingerprint density at radius 1 is 1.20 bits per heavy atom. The van der Waals surface area contributed by atoms with E-state index in [0.717, 1.165) is 21.9 Å². The maximum atomic E-state index is 5.73. The Kier molecular flexibility index (Phi) is 4.22. The van der Waals surface area contributed by atoms with Crippen molar-refractivity contribution < 1.29 is 9.47 Å². The van der Waals surface area contributed by atoms with Gasteiger partial charge >= 0.3 is 0 Å². The van der Waals surface area contributed by atoms with Crippen molar-refractivity contribution in [2.24, 2.45) is 11.8 Å². The van der Waals surface area contributed by atoms with Gasteiger partial charge in [-0.3, -0.25) is 0 Å². The Hall–Kier alpha value is -0.740. The molecule has 1 aliphatic heterocycles. The predicted molar refractivity (Wildman–Crippen MR) is 83.4 cm³/mol. The first-order chi connectivity index (χ1) is 9.70. The number of ether oxygens (including phenoxy) is 2. The van der Waals surface area contributed by atoms with Crippen LogP contribution in [0.2, 0.25) is 0 Å². The average Bonchev–Trinajstić information content (AvgIpc) is 2.87.